The van der Waals surface area contributed by atoms with Crippen molar-refractivity contribution in [2.75, 3.05) is 19.8 Å². The number of aryl methyl sites for hydroxylation is 1. The van der Waals surface area contributed by atoms with E-state index in [-0.39, 0.29) is 6.10 Å². The second kappa shape index (κ2) is 7.60. The smallest absolute Gasteiger partial charge is 0.213 e. The minimum Gasteiger partial charge on any atom is -0.475 e. The number of nitrogens with one attached hydrogen (secondary N) is 1. The third kappa shape index (κ3) is 4.76. The summed E-state index contributed by atoms with van der Waals surface area (Å²) in [6, 6.07) is 4.05. The first kappa shape index (κ1) is 15.3. The maximum atomic E-state index is 5.71. The summed E-state index contributed by atoms with van der Waals surface area (Å²) in [4.78, 5) is 4.51. The van der Waals surface area contributed by atoms with Gasteiger partial charge in [-0.25, -0.2) is 4.98 Å². The second-order valence-electron chi connectivity index (χ2n) is 5.86. The minimum atomic E-state index is 0.240. The molecule has 0 aliphatic carbocycles. The van der Waals surface area contributed by atoms with Gasteiger partial charge in [-0.05, 0) is 37.8 Å². The fourth-order valence-corrected chi connectivity index (χ4v) is 2.28. The second-order valence-corrected chi connectivity index (χ2v) is 5.86. The predicted octanol–water partition coefficient (Wildman–Crippen LogP) is 2.69. The van der Waals surface area contributed by atoms with E-state index in [1.54, 1.807) is 0 Å². The van der Waals surface area contributed by atoms with Gasteiger partial charge in [0.25, 0.3) is 0 Å². The third-order valence-electron chi connectivity index (χ3n) is 3.48. The van der Waals surface area contributed by atoms with E-state index in [1.165, 1.54) is 5.56 Å². The molecule has 0 amide bonds. The van der Waals surface area contributed by atoms with E-state index in [4.69, 9.17) is 9.47 Å². The summed E-state index contributed by atoms with van der Waals surface area (Å²) in [5, 5.41) is 3.44. The van der Waals surface area contributed by atoms with E-state index in [9.17, 15) is 0 Å². The summed E-state index contributed by atoms with van der Waals surface area (Å²) >= 11 is 0. The first-order valence-corrected chi connectivity index (χ1v) is 7.57. The van der Waals surface area contributed by atoms with Gasteiger partial charge in [-0.1, -0.05) is 19.9 Å². The van der Waals surface area contributed by atoms with Gasteiger partial charge in [-0.15, -0.1) is 0 Å². The van der Waals surface area contributed by atoms with Crippen molar-refractivity contribution in [2.45, 2.75) is 46.3 Å². The standard InChI is InChI=1S/C16H26N2O2/c1-12(2)9-17-10-14-6-7-16(18-13(14)3)20-11-15-5-4-8-19-15/h6-7,12,15,17H,4-5,8-11H2,1-3H3. The first-order chi connectivity index (χ1) is 9.65. The zero-order valence-corrected chi connectivity index (χ0v) is 12.8. The molecule has 1 aliphatic heterocycles. The highest BCUT2D eigenvalue weighted by molar-refractivity contribution is 5.24. The van der Waals surface area contributed by atoms with Gasteiger partial charge in [0.05, 0.1) is 6.10 Å². The van der Waals surface area contributed by atoms with Crippen LogP contribution in [0.5, 0.6) is 5.88 Å². The molecular weight excluding hydrogens is 252 g/mol. The summed E-state index contributed by atoms with van der Waals surface area (Å²) in [7, 11) is 0. The van der Waals surface area contributed by atoms with Crippen molar-refractivity contribution >= 4 is 0 Å². The topological polar surface area (TPSA) is 43.4 Å². The van der Waals surface area contributed by atoms with Crippen LogP contribution in [0.2, 0.25) is 0 Å². The summed E-state index contributed by atoms with van der Waals surface area (Å²) in [6.45, 7) is 9.81. The van der Waals surface area contributed by atoms with Crippen LogP contribution in [0.4, 0.5) is 0 Å². The summed E-state index contributed by atoms with van der Waals surface area (Å²) in [5.41, 5.74) is 2.27. The molecule has 1 aromatic heterocycles. The van der Waals surface area contributed by atoms with Crippen molar-refractivity contribution in [3.63, 3.8) is 0 Å². The molecule has 1 fully saturated rings. The Labute approximate surface area is 121 Å². The molecule has 1 unspecified atom stereocenters. The summed E-state index contributed by atoms with van der Waals surface area (Å²) < 4.78 is 11.3. The van der Waals surface area contributed by atoms with Crippen LogP contribution in [0.3, 0.4) is 0 Å². The number of nitrogens with zero attached hydrogens (tertiary/aromatic N) is 1. The van der Waals surface area contributed by atoms with Crippen molar-refractivity contribution < 1.29 is 9.47 Å². The van der Waals surface area contributed by atoms with E-state index in [0.717, 1.165) is 38.2 Å². The Morgan fingerprint density at radius 1 is 1.45 bits per heavy atom. The molecule has 4 heteroatoms. The van der Waals surface area contributed by atoms with Crippen molar-refractivity contribution in [3.8, 4) is 5.88 Å². The van der Waals surface area contributed by atoms with Gasteiger partial charge in [0.15, 0.2) is 0 Å². The fourth-order valence-electron chi connectivity index (χ4n) is 2.28. The molecule has 0 bridgehead atoms. The molecule has 1 atom stereocenters. The number of ether oxygens (including phenoxy) is 2. The lowest BCUT2D eigenvalue weighted by Gasteiger charge is -2.13. The summed E-state index contributed by atoms with van der Waals surface area (Å²) in [5.74, 6) is 1.36. The van der Waals surface area contributed by atoms with Crippen LogP contribution in [0.1, 0.15) is 37.9 Å². The molecule has 1 N–H and O–H groups in total. The largest absolute Gasteiger partial charge is 0.475 e. The van der Waals surface area contributed by atoms with Crippen molar-refractivity contribution in [1.29, 1.82) is 0 Å². The lowest BCUT2D eigenvalue weighted by molar-refractivity contribution is 0.0663. The van der Waals surface area contributed by atoms with Crippen LogP contribution in [0, 0.1) is 12.8 Å². The number of hydrogen-bond donors (Lipinski definition) is 1. The molecule has 2 heterocycles. The average molecular weight is 278 g/mol. The van der Waals surface area contributed by atoms with E-state index in [1.807, 2.05) is 13.0 Å². The first-order valence-electron chi connectivity index (χ1n) is 7.57. The highest BCUT2D eigenvalue weighted by Gasteiger charge is 2.16. The molecule has 1 aliphatic rings. The zero-order valence-electron chi connectivity index (χ0n) is 12.8. The highest BCUT2D eigenvalue weighted by Crippen LogP contribution is 2.16. The van der Waals surface area contributed by atoms with Crippen LogP contribution in [-0.2, 0) is 11.3 Å². The monoisotopic (exact) mass is 278 g/mol. The predicted molar refractivity (Wildman–Crippen MR) is 80.0 cm³/mol. The van der Waals surface area contributed by atoms with Crippen LogP contribution < -0.4 is 10.1 Å². The van der Waals surface area contributed by atoms with E-state index in [0.29, 0.717) is 18.4 Å². The van der Waals surface area contributed by atoms with Crippen LogP contribution in [-0.4, -0.2) is 30.8 Å². The van der Waals surface area contributed by atoms with Gasteiger partial charge in [0.2, 0.25) is 5.88 Å². The Balaban J connectivity index is 1.81. The molecule has 1 aromatic rings. The number of pyridine rings is 1. The molecule has 112 valence electrons. The van der Waals surface area contributed by atoms with Crippen LogP contribution in [0.25, 0.3) is 0 Å². The normalized spacial score (nSPS) is 18.7. The third-order valence-corrected chi connectivity index (χ3v) is 3.48. The maximum absolute atomic E-state index is 5.71. The fraction of sp³-hybridized carbons (Fsp3) is 0.688. The van der Waals surface area contributed by atoms with Gasteiger partial charge in [0.1, 0.15) is 6.61 Å². The molecule has 2 rings (SSSR count). The zero-order chi connectivity index (χ0) is 14.4. The minimum absolute atomic E-state index is 0.240. The van der Waals surface area contributed by atoms with Gasteiger partial charge in [0, 0.05) is 24.9 Å². The number of aromatic nitrogens is 1. The van der Waals surface area contributed by atoms with Crippen LogP contribution in [0.15, 0.2) is 12.1 Å². The van der Waals surface area contributed by atoms with Gasteiger partial charge in [-0.2, -0.15) is 0 Å². The Bertz CT molecular complexity index is 415. The van der Waals surface area contributed by atoms with Gasteiger partial charge < -0.3 is 14.8 Å². The van der Waals surface area contributed by atoms with Crippen LogP contribution >= 0.6 is 0 Å². The average Bonchev–Trinajstić information content (AvgIpc) is 2.91. The van der Waals surface area contributed by atoms with E-state index >= 15 is 0 Å². The Morgan fingerprint density at radius 2 is 2.30 bits per heavy atom. The lowest BCUT2D eigenvalue weighted by atomic mass is 10.2. The Kier molecular flexibility index (Phi) is 5.80. The van der Waals surface area contributed by atoms with Crippen molar-refractivity contribution in [2.24, 2.45) is 5.92 Å². The Morgan fingerprint density at radius 3 is 2.95 bits per heavy atom. The SMILES string of the molecule is Cc1nc(OCC2CCCO2)ccc1CNCC(C)C. The molecule has 1 saturated heterocycles. The van der Waals surface area contributed by atoms with Crippen molar-refractivity contribution in [3.05, 3.63) is 23.4 Å². The Hall–Kier alpha value is -1.13. The van der Waals surface area contributed by atoms with Gasteiger partial charge in [-0.3, -0.25) is 0 Å². The molecular formula is C16H26N2O2. The molecule has 0 radical (unpaired) electrons. The maximum Gasteiger partial charge on any atom is 0.213 e. The lowest BCUT2D eigenvalue weighted by Crippen LogP contribution is -2.20. The van der Waals surface area contributed by atoms with Crippen molar-refractivity contribution in [1.82, 2.24) is 10.3 Å². The molecule has 0 saturated carbocycles. The highest BCUT2D eigenvalue weighted by atomic mass is 16.5. The summed E-state index contributed by atoms with van der Waals surface area (Å²) in [6.07, 6.45) is 2.47. The molecule has 0 spiro atoms. The molecule has 0 aromatic carbocycles. The molecule has 4 nitrogen and oxygen atoms in total. The number of hydrogen-bond acceptors (Lipinski definition) is 4. The van der Waals surface area contributed by atoms with E-state index < -0.39 is 0 Å². The molecule has 20 heavy (non-hydrogen) atoms. The quantitative estimate of drug-likeness (QED) is 0.833. The van der Waals surface area contributed by atoms with E-state index in [2.05, 4.69) is 30.2 Å². The number of rotatable bonds is 7. The van der Waals surface area contributed by atoms with Gasteiger partial charge >= 0.3 is 0 Å².